The number of anilines is 2. The van der Waals surface area contributed by atoms with Crippen molar-refractivity contribution in [3.8, 4) is 5.69 Å². The van der Waals surface area contributed by atoms with Crippen LogP contribution in [0.15, 0.2) is 48.8 Å². The average Bonchev–Trinajstić information content (AvgIpc) is 3.36. The van der Waals surface area contributed by atoms with Crippen LogP contribution >= 0.6 is 11.6 Å². The van der Waals surface area contributed by atoms with Gasteiger partial charge in [0.15, 0.2) is 0 Å². The van der Waals surface area contributed by atoms with E-state index < -0.39 is 18.2 Å². The van der Waals surface area contributed by atoms with Crippen molar-refractivity contribution in [3.63, 3.8) is 0 Å². The van der Waals surface area contributed by atoms with Gasteiger partial charge in [-0.3, -0.25) is 4.90 Å². The number of rotatable bonds is 6. The average molecular weight is 429 g/mol. The van der Waals surface area contributed by atoms with Crippen molar-refractivity contribution in [2.75, 3.05) is 16.8 Å². The molecule has 30 heavy (non-hydrogen) atoms. The summed E-state index contributed by atoms with van der Waals surface area (Å²) in [5.41, 5.74) is 1.69. The Kier molecular flexibility index (Phi) is 5.56. The van der Waals surface area contributed by atoms with Gasteiger partial charge in [-0.05, 0) is 50.2 Å². The second-order valence-corrected chi connectivity index (χ2v) is 7.46. The van der Waals surface area contributed by atoms with Gasteiger partial charge in [0.25, 0.3) is 0 Å². The summed E-state index contributed by atoms with van der Waals surface area (Å²) in [7, 11) is 0. The number of amides is 1. The van der Waals surface area contributed by atoms with Gasteiger partial charge in [0.05, 0.1) is 23.5 Å². The van der Waals surface area contributed by atoms with E-state index >= 15 is 0 Å². The lowest BCUT2D eigenvalue weighted by Crippen LogP contribution is -2.41. The zero-order valence-corrected chi connectivity index (χ0v) is 17.2. The maximum absolute atomic E-state index is 12.1. The highest BCUT2D eigenvalue weighted by molar-refractivity contribution is 6.30. The minimum absolute atomic E-state index is 0.113. The van der Waals surface area contributed by atoms with Crippen molar-refractivity contribution in [2.45, 2.75) is 32.0 Å². The minimum Gasteiger partial charge on any atom is -0.447 e. The smallest absolute Gasteiger partial charge is 0.416 e. The van der Waals surface area contributed by atoms with E-state index in [0.29, 0.717) is 16.8 Å². The molecule has 1 aromatic carbocycles. The Morgan fingerprint density at radius 3 is 2.73 bits per heavy atom. The molecule has 3 aromatic rings. The molecule has 1 aliphatic heterocycles. The van der Waals surface area contributed by atoms with Crippen LogP contribution in [0.3, 0.4) is 0 Å². The third-order valence-electron chi connectivity index (χ3n) is 4.84. The Morgan fingerprint density at radius 2 is 2.00 bits per heavy atom. The first kappa shape index (κ1) is 20.1. The molecule has 0 spiro atoms. The van der Waals surface area contributed by atoms with Gasteiger partial charge in [-0.1, -0.05) is 11.6 Å². The van der Waals surface area contributed by atoms with Gasteiger partial charge in [-0.15, -0.1) is 0 Å². The van der Waals surface area contributed by atoms with Crippen LogP contribution in [0, 0.1) is 0 Å². The number of ether oxygens (including phenoxy) is 1. The molecule has 10 heteroatoms. The number of nitrogens with one attached hydrogen (secondary N) is 1. The molecule has 1 saturated heterocycles. The van der Waals surface area contributed by atoms with Crippen LogP contribution in [0.1, 0.15) is 25.6 Å². The molecule has 2 N–H and O–H groups in total. The first-order valence-corrected chi connectivity index (χ1v) is 9.85. The first-order chi connectivity index (χ1) is 14.4. The van der Waals surface area contributed by atoms with Gasteiger partial charge in [-0.2, -0.15) is 10.1 Å². The molecule has 0 saturated carbocycles. The molecule has 1 amide bonds. The predicted molar refractivity (Wildman–Crippen MR) is 112 cm³/mol. The van der Waals surface area contributed by atoms with E-state index in [9.17, 15) is 9.90 Å². The van der Waals surface area contributed by atoms with Crippen LogP contribution in [-0.4, -0.2) is 49.7 Å². The lowest BCUT2D eigenvalue weighted by Gasteiger charge is -2.23. The van der Waals surface area contributed by atoms with Crippen LogP contribution in [0.4, 0.5) is 16.6 Å². The Balaban J connectivity index is 1.50. The number of hydrogen-bond acceptors (Lipinski definition) is 7. The number of nitrogens with zero attached hydrogens (tertiary/aromatic N) is 5. The number of aromatic nitrogens is 4. The van der Waals surface area contributed by atoms with Crippen LogP contribution in [0.2, 0.25) is 5.02 Å². The highest BCUT2D eigenvalue weighted by atomic mass is 35.5. The van der Waals surface area contributed by atoms with E-state index in [4.69, 9.17) is 16.3 Å². The Morgan fingerprint density at radius 1 is 1.23 bits per heavy atom. The van der Waals surface area contributed by atoms with Crippen LogP contribution in [0.5, 0.6) is 0 Å². The summed E-state index contributed by atoms with van der Waals surface area (Å²) in [5, 5.41) is 18.4. The molecule has 1 aliphatic rings. The van der Waals surface area contributed by atoms with E-state index in [1.54, 1.807) is 23.9 Å². The number of benzene rings is 1. The highest BCUT2D eigenvalue weighted by Gasteiger charge is 2.38. The monoisotopic (exact) mass is 428 g/mol. The highest BCUT2D eigenvalue weighted by Crippen LogP contribution is 2.25. The third-order valence-corrected chi connectivity index (χ3v) is 5.09. The summed E-state index contributed by atoms with van der Waals surface area (Å²) >= 11 is 5.94. The molecule has 3 atom stereocenters. The normalized spacial score (nSPS) is 18.2. The summed E-state index contributed by atoms with van der Waals surface area (Å²) in [6.07, 6.45) is 2.12. The van der Waals surface area contributed by atoms with Crippen molar-refractivity contribution in [3.05, 3.63) is 59.5 Å². The quantitative estimate of drug-likeness (QED) is 0.621. The summed E-state index contributed by atoms with van der Waals surface area (Å²) in [5.74, 6) is 0.699. The number of hydrogen-bond donors (Lipinski definition) is 2. The van der Waals surface area contributed by atoms with E-state index in [1.807, 2.05) is 43.5 Å². The van der Waals surface area contributed by atoms with E-state index in [-0.39, 0.29) is 12.6 Å². The maximum atomic E-state index is 12.1. The molecule has 156 valence electrons. The number of carbonyl (C=O) groups is 1. The number of aliphatic hydroxyl groups is 1. The van der Waals surface area contributed by atoms with Gasteiger partial charge in [-0.25, -0.2) is 14.5 Å². The summed E-state index contributed by atoms with van der Waals surface area (Å²) in [4.78, 5) is 22.1. The van der Waals surface area contributed by atoms with Crippen molar-refractivity contribution in [1.82, 2.24) is 19.7 Å². The fourth-order valence-corrected chi connectivity index (χ4v) is 3.31. The minimum atomic E-state index is -0.751. The number of aliphatic hydroxyl groups excluding tert-OH is 1. The molecule has 0 radical (unpaired) electrons. The Bertz CT molecular complexity index is 1040. The Labute approximate surface area is 178 Å². The van der Waals surface area contributed by atoms with E-state index in [0.717, 1.165) is 11.4 Å². The molecule has 2 aromatic heterocycles. The van der Waals surface area contributed by atoms with E-state index in [1.165, 1.54) is 4.90 Å². The summed E-state index contributed by atoms with van der Waals surface area (Å²) in [6, 6.07) is 10.2. The van der Waals surface area contributed by atoms with Crippen molar-refractivity contribution in [2.24, 2.45) is 0 Å². The molecule has 1 unspecified atom stereocenters. The van der Waals surface area contributed by atoms with Crippen molar-refractivity contribution < 1.29 is 14.6 Å². The SMILES string of the molecule is C[C@H](Nc1nccc(N2C(=O)OCC2[C@@H](C)O)n1)c1ccn(-c2ccc(Cl)cc2)n1. The fourth-order valence-electron chi connectivity index (χ4n) is 3.18. The number of cyclic esters (lactones) is 1. The van der Waals surface area contributed by atoms with Crippen molar-refractivity contribution >= 4 is 29.5 Å². The molecule has 0 aliphatic carbocycles. The predicted octanol–water partition coefficient (Wildman–Crippen LogP) is 3.19. The zero-order chi connectivity index (χ0) is 21.3. The van der Waals surface area contributed by atoms with Crippen LogP contribution < -0.4 is 10.2 Å². The molecule has 1 fully saturated rings. The molecular weight excluding hydrogens is 408 g/mol. The second-order valence-electron chi connectivity index (χ2n) is 7.02. The molecule has 9 nitrogen and oxygen atoms in total. The number of carbonyl (C=O) groups excluding carboxylic acids is 1. The Hall–Kier alpha value is -3.17. The molecule has 0 bridgehead atoms. The molecule has 4 rings (SSSR count). The van der Waals surface area contributed by atoms with E-state index in [2.05, 4.69) is 20.4 Å². The van der Waals surface area contributed by atoms with Gasteiger partial charge in [0, 0.05) is 17.4 Å². The fraction of sp³-hybridized carbons (Fsp3) is 0.300. The maximum Gasteiger partial charge on any atom is 0.416 e. The lowest BCUT2D eigenvalue weighted by molar-refractivity contribution is 0.142. The zero-order valence-electron chi connectivity index (χ0n) is 16.4. The van der Waals surface area contributed by atoms with Gasteiger partial charge in [0.1, 0.15) is 18.5 Å². The largest absolute Gasteiger partial charge is 0.447 e. The third kappa shape index (κ3) is 4.07. The molecule has 3 heterocycles. The van der Waals surface area contributed by atoms with Crippen molar-refractivity contribution in [1.29, 1.82) is 0 Å². The molecular formula is C20H21ClN6O3. The summed E-state index contributed by atoms with van der Waals surface area (Å²) < 4.78 is 6.82. The van der Waals surface area contributed by atoms with Gasteiger partial charge >= 0.3 is 6.09 Å². The summed E-state index contributed by atoms with van der Waals surface area (Å²) in [6.45, 7) is 3.66. The lowest BCUT2D eigenvalue weighted by atomic mass is 10.2. The van der Waals surface area contributed by atoms with Crippen LogP contribution in [0.25, 0.3) is 5.69 Å². The second kappa shape index (κ2) is 8.29. The van der Waals surface area contributed by atoms with Crippen LogP contribution in [-0.2, 0) is 4.74 Å². The first-order valence-electron chi connectivity index (χ1n) is 9.47. The van der Waals surface area contributed by atoms with Gasteiger partial charge in [0.2, 0.25) is 5.95 Å². The topological polar surface area (TPSA) is 105 Å². The number of halogens is 1. The van der Waals surface area contributed by atoms with Gasteiger partial charge < -0.3 is 15.2 Å². The standard InChI is InChI=1S/C20H21ClN6O3/c1-12(16-8-10-26(25-16)15-5-3-14(21)4-6-15)23-19-22-9-7-18(24-19)27-17(13(2)28)11-30-20(27)29/h3-10,12-13,17,28H,11H2,1-2H3,(H,22,23,24)/t12-,13+,17?/m0/s1.